The number of aliphatic hydroxyl groups is 1. The molecule has 0 aliphatic carbocycles. The maximum atomic E-state index is 11.6. The first-order valence-electron chi connectivity index (χ1n) is 5.23. The minimum absolute atomic E-state index is 0.109. The summed E-state index contributed by atoms with van der Waals surface area (Å²) in [4.78, 5) is 11.6. The van der Waals surface area contributed by atoms with Crippen molar-refractivity contribution in [2.45, 2.75) is 13.0 Å². The van der Waals surface area contributed by atoms with Gasteiger partial charge in [0, 0.05) is 0 Å². The molecule has 4 nitrogen and oxygen atoms in total. The van der Waals surface area contributed by atoms with Crippen molar-refractivity contribution in [1.29, 1.82) is 0 Å². The van der Waals surface area contributed by atoms with Crippen LogP contribution in [0.15, 0.2) is 30.3 Å². The molecule has 0 aliphatic heterocycles. The molecule has 88 valence electrons. The Bertz CT molecular complexity index is 310. The maximum Gasteiger partial charge on any atom is 0.339 e. The summed E-state index contributed by atoms with van der Waals surface area (Å²) in [5.74, 6) is -0.429. The molecule has 0 bridgehead atoms. The van der Waals surface area contributed by atoms with Gasteiger partial charge in [-0.2, -0.15) is 0 Å². The summed E-state index contributed by atoms with van der Waals surface area (Å²) >= 11 is 0. The van der Waals surface area contributed by atoms with E-state index in [1.54, 1.807) is 19.1 Å². The molecular weight excluding hydrogens is 208 g/mol. The molecule has 1 rings (SSSR count). The summed E-state index contributed by atoms with van der Waals surface area (Å²) in [5.41, 5.74) is 0.731. The second-order valence-corrected chi connectivity index (χ2v) is 3.14. The fourth-order valence-electron chi connectivity index (χ4n) is 1.32. The van der Waals surface area contributed by atoms with Crippen LogP contribution in [0.5, 0.6) is 0 Å². The Morgan fingerprint density at radius 1 is 1.38 bits per heavy atom. The molecule has 16 heavy (non-hydrogen) atoms. The predicted molar refractivity (Wildman–Crippen MR) is 58.9 cm³/mol. The van der Waals surface area contributed by atoms with Crippen LogP contribution in [0.25, 0.3) is 0 Å². The molecule has 0 saturated heterocycles. The van der Waals surface area contributed by atoms with E-state index >= 15 is 0 Å². The highest BCUT2D eigenvalue weighted by molar-refractivity contribution is 5.76. The zero-order valence-corrected chi connectivity index (χ0v) is 9.26. The molecule has 1 aromatic carbocycles. The lowest BCUT2D eigenvalue weighted by atomic mass is 10.1. The lowest BCUT2D eigenvalue weighted by molar-refractivity contribution is -0.157. The molecule has 0 heterocycles. The van der Waals surface area contributed by atoms with Gasteiger partial charge in [-0.05, 0) is 12.5 Å². The van der Waals surface area contributed by atoms with Gasteiger partial charge in [-0.25, -0.2) is 4.79 Å². The molecule has 0 aliphatic rings. The Kier molecular flexibility index (Phi) is 5.53. The summed E-state index contributed by atoms with van der Waals surface area (Å²) in [6.45, 7) is 2.04. The number of ether oxygens (including phenoxy) is 2. The van der Waals surface area contributed by atoms with E-state index in [2.05, 4.69) is 0 Å². The van der Waals surface area contributed by atoms with Gasteiger partial charge in [-0.3, -0.25) is 0 Å². The first-order valence-corrected chi connectivity index (χ1v) is 5.23. The highest BCUT2D eigenvalue weighted by Crippen LogP contribution is 2.18. The fourth-order valence-corrected chi connectivity index (χ4v) is 1.32. The fraction of sp³-hybridized carbons (Fsp3) is 0.417. The summed E-state index contributed by atoms with van der Waals surface area (Å²) in [6.07, 6.45) is -0.756. The number of benzene rings is 1. The van der Waals surface area contributed by atoms with Gasteiger partial charge in [0.1, 0.15) is 0 Å². The summed E-state index contributed by atoms with van der Waals surface area (Å²) in [5, 5.41) is 8.70. The van der Waals surface area contributed by atoms with Gasteiger partial charge < -0.3 is 14.6 Å². The van der Waals surface area contributed by atoms with Crippen molar-refractivity contribution >= 4 is 5.97 Å². The summed E-state index contributed by atoms with van der Waals surface area (Å²) in [6, 6.07) is 9.09. The Labute approximate surface area is 94.8 Å². The molecule has 1 aromatic rings. The van der Waals surface area contributed by atoms with Crippen molar-refractivity contribution in [3.63, 3.8) is 0 Å². The quantitative estimate of drug-likeness (QED) is 0.740. The van der Waals surface area contributed by atoms with E-state index in [0.717, 1.165) is 5.56 Å². The van der Waals surface area contributed by atoms with Gasteiger partial charge >= 0.3 is 5.97 Å². The van der Waals surface area contributed by atoms with Crippen molar-refractivity contribution in [1.82, 2.24) is 0 Å². The summed E-state index contributed by atoms with van der Waals surface area (Å²) < 4.78 is 10.2. The normalized spacial score (nSPS) is 12.1. The zero-order valence-electron chi connectivity index (χ0n) is 9.26. The SMILES string of the molecule is CCOC(=O)C(OCCO)c1ccccc1. The third-order valence-electron chi connectivity index (χ3n) is 1.98. The number of rotatable bonds is 6. The first-order chi connectivity index (χ1) is 7.79. The monoisotopic (exact) mass is 224 g/mol. The van der Waals surface area contributed by atoms with Crippen LogP contribution in [0.2, 0.25) is 0 Å². The minimum Gasteiger partial charge on any atom is -0.464 e. The smallest absolute Gasteiger partial charge is 0.339 e. The van der Waals surface area contributed by atoms with Crippen LogP contribution in [-0.2, 0) is 14.3 Å². The van der Waals surface area contributed by atoms with Crippen molar-refractivity contribution in [3.05, 3.63) is 35.9 Å². The lowest BCUT2D eigenvalue weighted by Gasteiger charge is -2.16. The van der Waals surface area contributed by atoms with Gasteiger partial charge in [0.05, 0.1) is 19.8 Å². The lowest BCUT2D eigenvalue weighted by Crippen LogP contribution is -2.20. The predicted octanol–water partition coefficient (Wildman–Crippen LogP) is 1.30. The van der Waals surface area contributed by atoms with E-state index in [9.17, 15) is 4.79 Å². The molecule has 1 atom stereocenters. The van der Waals surface area contributed by atoms with E-state index in [1.165, 1.54) is 0 Å². The van der Waals surface area contributed by atoms with E-state index in [4.69, 9.17) is 14.6 Å². The number of carbonyl (C=O) groups is 1. The Hall–Kier alpha value is -1.39. The van der Waals surface area contributed by atoms with Gasteiger partial charge in [0.2, 0.25) is 0 Å². The Morgan fingerprint density at radius 2 is 2.06 bits per heavy atom. The molecule has 0 spiro atoms. The van der Waals surface area contributed by atoms with Gasteiger partial charge in [0.15, 0.2) is 6.10 Å². The largest absolute Gasteiger partial charge is 0.464 e. The van der Waals surface area contributed by atoms with Crippen molar-refractivity contribution in [2.75, 3.05) is 19.8 Å². The average molecular weight is 224 g/mol. The minimum atomic E-state index is -0.756. The van der Waals surface area contributed by atoms with Gasteiger partial charge in [-0.1, -0.05) is 30.3 Å². The third kappa shape index (κ3) is 3.64. The van der Waals surface area contributed by atoms with Crippen LogP contribution in [-0.4, -0.2) is 30.9 Å². The number of hydrogen-bond donors (Lipinski definition) is 1. The third-order valence-corrected chi connectivity index (χ3v) is 1.98. The molecule has 0 fully saturated rings. The Balaban J connectivity index is 2.74. The van der Waals surface area contributed by atoms with E-state index in [0.29, 0.717) is 6.61 Å². The zero-order chi connectivity index (χ0) is 11.8. The molecular formula is C12H16O4. The van der Waals surface area contributed by atoms with Crippen LogP contribution >= 0.6 is 0 Å². The first kappa shape index (κ1) is 12.7. The molecule has 1 unspecified atom stereocenters. The molecule has 0 amide bonds. The van der Waals surface area contributed by atoms with Crippen LogP contribution in [0.4, 0.5) is 0 Å². The molecule has 0 saturated carbocycles. The number of esters is 1. The Morgan fingerprint density at radius 3 is 2.62 bits per heavy atom. The molecule has 4 heteroatoms. The number of carbonyl (C=O) groups excluding carboxylic acids is 1. The van der Waals surface area contributed by atoms with E-state index in [1.807, 2.05) is 18.2 Å². The highest BCUT2D eigenvalue weighted by Gasteiger charge is 2.22. The number of hydrogen-bond acceptors (Lipinski definition) is 4. The van der Waals surface area contributed by atoms with Crippen LogP contribution in [0.1, 0.15) is 18.6 Å². The van der Waals surface area contributed by atoms with Gasteiger partial charge in [-0.15, -0.1) is 0 Å². The standard InChI is InChI=1S/C12H16O4/c1-2-15-12(14)11(16-9-8-13)10-6-4-3-5-7-10/h3-7,11,13H,2,8-9H2,1H3. The highest BCUT2D eigenvalue weighted by atomic mass is 16.6. The van der Waals surface area contributed by atoms with Crippen molar-refractivity contribution < 1.29 is 19.4 Å². The van der Waals surface area contributed by atoms with Gasteiger partial charge in [0.25, 0.3) is 0 Å². The second-order valence-electron chi connectivity index (χ2n) is 3.14. The van der Waals surface area contributed by atoms with Crippen LogP contribution in [0, 0.1) is 0 Å². The topological polar surface area (TPSA) is 55.8 Å². The van der Waals surface area contributed by atoms with E-state index in [-0.39, 0.29) is 13.2 Å². The number of aliphatic hydroxyl groups excluding tert-OH is 1. The van der Waals surface area contributed by atoms with E-state index < -0.39 is 12.1 Å². The van der Waals surface area contributed by atoms with Crippen LogP contribution in [0.3, 0.4) is 0 Å². The van der Waals surface area contributed by atoms with Crippen molar-refractivity contribution in [3.8, 4) is 0 Å². The molecule has 1 N–H and O–H groups in total. The maximum absolute atomic E-state index is 11.6. The second kappa shape index (κ2) is 6.98. The molecule has 0 radical (unpaired) electrons. The average Bonchev–Trinajstić information content (AvgIpc) is 2.31. The summed E-state index contributed by atoms with van der Waals surface area (Å²) in [7, 11) is 0. The molecule has 0 aromatic heterocycles. The van der Waals surface area contributed by atoms with Crippen molar-refractivity contribution in [2.24, 2.45) is 0 Å². The van der Waals surface area contributed by atoms with Crippen LogP contribution < -0.4 is 0 Å².